The Labute approximate surface area is 219 Å². The monoisotopic (exact) mass is 493 g/mol. The Morgan fingerprint density at radius 3 is 1.17 bits per heavy atom. The smallest absolute Gasteiger partial charge is 0.306 e. The van der Waals surface area contributed by atoms with Gasteiger partial charge in [0, 0.05) is 6.42 Å². The van der Waals surface area contributed by atoms with Gasteiger partial charge in [0.25, 0.3) is 0 Å². The lowest BCUT2D eigenvalue weighted by Gasteiger charge is -2.11. The number of unbranched alkanes of at least 4 members (excludes halogenated alkanes) is 23. The standard InChI is InChI=1S/C32H61O3/c1-3-5-7-9-11-13-15-16-17-18-19-21-23-25-27-29-32(34)35-31(30-33)28-26-24-22-20-14-12-10-8-6-4-2/h31H,3-29H2,1-2H3. The van der Waals surface area contributed by atoms with Crippen LogP contribution in [0, 0.1) is 0 Å². The molecule has 35 heavy (non-hydrogen) atoms. The molecular formula is C32H61O3. The van der Waals surface area contributed by atoms with Crippen molar-refractivity contribution in [1.82, 2.24) is 0 Å². The Hall–Kier alpha value is -0.860. The number of ether oxygens (including phenoxy) is 1. The summed E-state index contributed by atoms with van der Waals surface area (Å²) in [6.45, 7) is 4.53. The van der Waals surface area contributed by atoms with Gasteiger partial charge in [0.1, 0.15) is 0 Å². The van der Waals surface area contributed by atoms with Gasteiger partial charge in [-0.25, -0.2) is 0 Å². The molecule has 0 aromatic rings. The first-order chi connectivity index (χ1) is 17.2. The van der Waals surface area contributed by atoms with Gasteiger partial charge in [-0.15, -0.1) is 0 Å². The first-order valence-electron chi connectivity index (χ1n) is 15.8. The van der Waals surface area contributed by atoms with E-state index in [1.54, 1.807) is 0 Å². The molecule has 3 nitrogen and oxygen atoms in total. The van der Waals surface area contributed by atoms with Gasteiger partial charge >= 0.3 is 5.97 Å². The molecule has 0 rings (SSSR count). The highest BCUT2D eigenvalue weighted by molar-refractivity contribution is 5.72. The molecule has 0 N–H and O–H groups in total. The highest BCUT2D eigenvalue weighted by Gasteiger charge is 2.14. The third-order valence-corrected chi connectivity index (χ3v) is 7.21. The molecular weight excluding hydrogens is 432 g/mol. The van der Waals surface area contributed by atoms with Crippen molar-refractivity contribution in [1.29, 1.82) is 0 Å². The van der Waals surface area contributed by atoms with Crippen LogP contribution < -0.4 is 0 Å². The molecule has 1 atom stereocenters. The quantitative estimate of drug-likeness (QED) is 0.0768. The lowest BCUT2D eigenvalue weighted by molar-refractivity contribution is -0.146. The van der Waals surface area contributed by atoms with Crippen molar-refractivity contribution in [2.24, 2.45) is 0 Å². The molecule has 207 valence electrons. The SMILES string of the molecule is CCCCCCCCCCCCCCCCCC(=O)OC([C]=O)CCCCCCCCCCCC. The number of carbonyl (C=O) groups excluding carboxylic acids is 2. The van der Waals surface area contributed by atoms with Crippen molar-refractivity contribution >= 4 is 12.3 Å². The van der Waals surface area contributed by atoms with E-state index in [4.69, 9.17) is 4.74 Å². The second-order valence-corrected chi connectivity index (χ2v) is 10.8. The summed E-state index contributed by atoms with van der Waals surface area (Å²) < 4.78 is 5.34. The van der Waals surface area contributed by atoms with Crippen molar-refractivity contribution in [3.05, 3.63) is 0 Å². The van der Waals surface area contributed by atoms with Crippen LogP contribution in [0.5, 0.6) is 0 Å². The van der Waals surface area contributed by atoms with Crippen LogP contribution in [0.1, 0.15) is 187 Å². The van der Waals surface area contributed by atoms with Gasteiger partial charge in [-0.1, -0.05) is 162 Å². The van der Waals surface area contributed by atoms with Gasteiger partial charge in [-0.05, 0) is 19.3 Å². The Bertz CT molecular complexity index is 435. The average molecular weight is 494 g/mol. The molecule has 0 aliphatic rings. The summed E-state index contributed by atoms with van der Waals surface area (Å²) in [5, 5.41) is 0. The maximum absolute atomic E-state index is 12.0. The zero-order chi connectivity index (χ0) is 25.7. The first kappa shape index (κ1) is 34.1. The third kappa shape index (κ3) is 27.6. The van der Waals surface area contributed by atoms with Crippen LogP contribution in [0.2, 0.25) is 0 Å². The minimum absolute atomic E-state index is 0.222. The topological polar surface area (TPSA) is 43.4 Å². The van der Waals surface area contributed by atoms with Gasteiger partial charge in [-0.3, -0.25) is 9.59 Å². The second kappa shape index (κ2) is 29.4. The summed E-state index contributed by atoms with van der Waals surface area (Å²) in [6, 6.07) is 0. The number of hydrogen-bond donors (Lipinski definition) is 0. The maximum Gasteiger partial charge on any atom is 0.306 e. The van der Waals surface area contributed by atoms with E-state index in [1.165, 1.54) is 135 Å². The van der Waals surface area contributed by atoms with E-state index in [9.17, 15) is 9.59 Å². The first-order valence-corrected chi connectivity index (χ1v) is 15.8. The summed E-state index contributed by atoms with van der Waals surface area (Å²) in [7, 11) is 0. The van der Waals surface area contributed by atoms with Crippen LogP contribution in [0.15, 0.2) is 0 Å². The fraction of sp³-hybridized carbons (Fsp3) is 0.938. The molecule has 0 aromatic heterocycles. The zero-order valence-electron chi connectivity index (χ0n) is 23.9. The van der Waals surface area contributed by atoms with Crippen LogP contribution in [0.25, 0.3) is 0 Å². The number of esters is 1. The molecule has 1 unspecified atom stereocenters. The fourth-order valence-corrected chi connectivity index (χ4v) is 4.82. The third-order valence-electron chi connectivity index (χ3n) is 7.21. The molecule has 0 fully saturated rings. The summed E-state index contributed by atoms with van der Waals surface area (Å²) in [5.41, 5.74) is 0. The van der Waals surface area contributed by atoms with Gasteiger partial charge in [-0.2, -0.15) is 0 Å². The Morgan fingerprint density at radius 2 is 0.829 bits per heavy atom. The predicted molar refractivity (Wildman–Crippen MR) is 152 cm³/mol. The van der Waals surface area contributed by atoms with E-state index in [1.807, 2.05) is 6.29 Å². The Kier molecular flexibility index (Phi) is 28.6. The molecule has 0 saturated heterocycles. The predicted octanol–water partition coefficient (Wildman–Crippen LogP) is 10.6. The van der Waals surface area contributed by atoms with Crippen molar-refractivity contribution < 1.29 is 14.3 Å². The normalized spacial score (nSPS) is 12.1. The van der Waals surface area contributed by atoms with Crippen molar-refractivity contribution in [3.8, 4) is 0 Å². The highest BCUT2D eigenvalue weighted by Crippen LogP contribution is 2.15. The molecule has 3 heteroatoms. The lowest BCUT2D eigenvalue weighted by atomic mass is 10.0. The molecule has 0 bridgehead atoms. The summed E-state index contributed by atoms with van der Waals surface area (Å²) >= 11 is 0. The molecule has 0 aliphatic heterocycles. The Morgan fingerprint density at radius 1 is 0.514 bits per heavy atom. The van der Waals surface area contributed by atoms with Gasteiger partial charge in [0.05, 0.1) is 0 Å². The van der Waals surface area contributed by atoms with Crippen LogP contribution in [-0.4, -0.2) is 18.4 Å². The van der Waals surface area contributed by atoms with E-state index in [0.29, 0.717) is 12.8 Å². The van der Waals surface area contributed by atoms with E-state index in [2.05, 4.69) is 13.8 Å². The molecule has 0 spiro atoms. The lowest BCUT2D eigenvalue weighted by Crippen LogP contribution is -2.19. The van der Waals surface area contributed by atoms with Gasteiger partial charge in [0.2, 0.25) is 6.29 Å². The van der Waals surface area contributed by atoms with Gasteiger partial charge in [0.15, 0.2) is 6.10 Å². The van der Waals surface area contributed by atoms with Crippen LogP contribution >= 0.6 is 0 Å². The minimum atomic E-state index is -0.659. The van der Waals surface area contributed by atoms with Crippen LogP contribution in [-0.2, 0) is 14.3 Å². The molecule has 0 aliphatic carbocycles. The second-order valence-electron chi connectivity index (χ2n) is 10.8. The van der Waals surface area contributed by atoms with Gasteiger partial charge < -0.3 is 4.74 Å². The summed E-state index contributed by atoms with van der Waals surface area (Å²) in [6.07, 6.45) is 34.7. The van der Waals surface area contributed by atoms with Crippen molar-refractivity contribution in [2.75, 3.05) is 0 Å². The Balaban J connectivity index is 3.40. The van der Waals surface area contributed by atoms with Crippen LogP contribution in [0.3, 0.4) is 0 Å². The maximum atomic E-state index is 12.0. The molecule has 0 amide bonds. The van der Waals surface area contributed by atoms with Crippen molar-refractivity contribution in [2.45, 2.75) is 193 Å². The number of hydrogen-bond acceptors (Lipinski definition) is 3. The van der Waals surface area contributed by atoms with E-state index in [-0.39, 0.29) is 5.97 Å². The molecule has 0 aromatic carbocycles. The average Bonchev–Trinajstić information content (AvgIpc) is 2.86. The van der Waals surface area contributed by atoms with E-state index >= 15 is 0 Å². The van der Waals surface area contributed by atoms with E-state index < -0.39 is 6.10 Å². The molecule has 1 radical (unpaired) electrons. The largest absolute Gasteiger partial charge is 0.454 e. The fourth-order valence-electron chi connectivity index (χ4n) is 4.82. The highest BCUT2D eigenvalue weighted by atomic mass is 16.5. The summed E-state index contributed by atoms with van der Waals surface area (Å²) in [5.74, 6) is -0.222. The van der Waals surface area contributed by atoms with Crippen molar-refractivity contribution in [3.63, 3.8) is 0 Å². The molecule has 0 saturated carbocycles. The van der Waals surface area contributed by atoms with Crippen LogP contribution in [0.4, 0.5) is 0 Å². The molecule has 0 heterocycles. The number of rotatable bonds is 29. The summed E-state index contributed by atoms with van der Waals surface area (Å²) in [4.78, 5) is 23.2. The zero-order valence-corrected chi connectivity index (χ0v) is 23.9. The number of carbonyl (C=O) groups is 1. The minimum Gasteiger partial charge on any atom is -0.454 e. The van der Waals surface area contributed by atoms with E-state index in [0.717, 1.165) is 25.7 Å².